The molecule has 0 aliphatic carbocycles. The average Bonchev–Trinajstić information content (AvgIpc) is 1.81. The Balaban J connectivity index is 3.88. The lowest BCUT2D eigenvalue weighted by molar-refractivity contribution is 0.184. The highest BCUT2D eigenvalue weighted by atomic mass is 16.3. The summed E-state index contributed by atoms with van der Waals surface area (Å²) in [5.74, 6) is 0.277. The van der Waals surface area contributed by atoms with Crippen molar-refractivity contribution in [1.29, 1.82) is 5.41 Å². The van der Waals surface area contributed by atoms with Crippen LogP contribution in [0.1, 0.15) is 40.5 Å². The van der Waals surface area contributed by atoms with Crippen LogP contribution in [0.4, 0.5) is 0 Å². The summed E-state index contributed by atoms with van der Waals surface area (Å²) in [6.07, 6.45) is 0.863. The lowest BCUT2D eigenvalue weighted by Crippen LogP contribution is -2.30. The summed E-state index contributed by atoms with van der Waals surface area (Å²) in [5, 5.41) is 16.4. The third-order valence-electron chi connectivity index (χ3n) is 1.95. The normalized spacial score (nSPS) is 16.7. The second kappa shape index (κ2) is 4.61. The Morgan fingerprint density at radius 1 is 1.46 bits per heavy atom. The van der Waals surface area contributed by atoms with Gasteiger partial charge in [-0.05, 0) is 24.2 Å². The van der Waals surface area contributed by atoms with Crippen LogP contribution >= 0.6 is 0 Å². The molecular formula is C10H22N2O. The van der Waals surface area contributed by atoms with Gasteiger partial charge in [-0.1, -0.05) is 27.7 Å². The molecule has 0 heterocycles. The zero-order chi connectivity index (χ0) is 10.6. The van der Waals surface area contributed by atoms with E-state index in [1.165, 1.54) is 0 Å². The van der Waals surface area contributed by atoms with Crippen LogP contribution in [0.3, 0.4) is 0 Å². The number of nitrogens with two attached hydrogens (primary N) is 1. The first kappa shape index (κ1) is 12.4. The second-order valence-electron chi connectivity index (χ2n) is 5.08. The van der Waals surface area contributed by atoms with Gasteiger partial charge < -0.3 is 10.8 Å². The van der Waals surface area contributed by atoms with Crippen LogP contribution in [-0.2, 0) is 0 Å². The minimum atomic E-state index is -0.766. The molecule has 3 heteroatoms. The fourth-order valence-corrected chi connectivity index (χ4v) is 1.64. The standard InChI is InChI=1S/C10H22N2O/c1-7(6-10(2,3)4)5-8(13)9(11)12/h7-8,13H,5-6H2,1-4H3,(H3,11,12)/t7-,8-/m1/s1. The fraction of sp³-hybridized carbons (Fsp3) is 0.900. The van der Waals surface area contributed by atoms with E-state index in [0.29, 0.717) is 12.3 Å². The van der Waals surface area contributed by atoms with E-state index in [1.807, 2.05) is 0 Å². The molecule has 0 aliphatic heterocycles. The number of nitrogens with one attached hydrogen (secondary N) is 1. The lowest BCUT2D eigenvalue weighted by atomic mass is 9.83. The molecule has 78 valence electrons. The van der Waals surface area contributed by atoms with E-state index in [0.717, 1.165) is 6.42 Å². The molecule has 0 unspecified atom stereocenters. The highest BCUT2D eigenvalue weighted by Gasteiger charge is 2.18. The molecule has 4 N–H and O–H groups in total. The molecule has 0 aromatic heterocycles. The van der Waals surface area contributed by atoms with Crippen LogP contribution < -0.4 is 5.73 Å². The van der Waals surface area contributed by atoms with Crippen molar-refractivity contribution in [3.8, 4) is 0 Å². The first-order valence-corrected chi connectivity index (χ1v) is 4.74. The third kappa shape index (κ3) is 6.58. The van der Waals surface area contributed by atoms with Crippen LogP contribution in [-0.4, -0.2) is 17.0 Å². The Morgan fingerprint density at radius 3 is 2.23 bits per heavy atom. The SMILES string of the molecule is C[C@H](C[C@@H](O)C(=N)N)CC(C)(C)C. The minimum absolute atomic E-state index is 0.124. The van der Waals surface area contributed by atoms with Crippen LogP contribution in [0.25, 0.3) is 0 Å². The summed E-state index contributed by atoms with van der Waals surface area (Å²) in [5.41, 5.74) is 5.46. The summed E-state index contributed by atoms with van der Waals surface area (Å²) in [7, 11) is 0. The highest BCUT2D eigenvalue weighted by Crippen LogP contribution is 2.26. The number of amidine groups is 1. The molecule has 0 saturated carbocycles. The molecule has 2 atom stereocenters. The molecule has 0 aromatic carbocycles. The third-order valence-corrected chi connectivity index (χ3v) is 1.95. The van der Waals surface area contributed by atoms with E-state index >= 15 is 0 Å². The maximum Gasteiger partial charge on any atom is 0.120 e. The molecule has 0 aromatic rings. The molecule has 0 fully saturated rings. The first-order valence-electron chi connectivity index (χ1n) is 4.74. The predicted molar refractivity (Wildman–Crippen MR) is 55.8 cm³/mol. The van der Waals surface area contributed by atoms with Crippen LogP contribution in [0.2, 0.25) is 0 Å². The van der Waals surface area contributed by atoms with Crippen molar-refractivity contribution >= 4 is 5.84 Å². The first-order chi connectivity index (χ1) is 5.72. The number of hydrogen-bond acceptors (Lipinski definition) is 2. The van der Waals surface area contributed by atoms with E-state index in [1.54, 1.807) is 0 Å². The molecule has 13 heavy (non-hydrogen) atoms. The van der Waals surface area contributed by atoms with E-state index in [-0.39, 0.29) is 11.3 Å². The Kier molecular flexibility index (Phi) is 4.40. The van der Waals surface area contributed by atoms with Gasteiger partial charge in [0.2, 0.25) is 0 Å². The van der Waals surface area contributed by atoms with Gasteiger partial charge in [0.25, 0.3) is 0 Å². The van der Waals surface area contributed by atoms with Crippen molar-refractivity contribution in [3.63, 3.8) is 0 Å². The van der Waals surface area contributed by atoms with Crippen molar-refractivity contribution in [2.45, 2.75) is 46.6 Å². The van der Waals surface area contributed by atoms with Gasteiger partial charge in [0.05, 0.1) is 0 Å². The molecule has 0 spiro atoms. The number of rotatable bonds is 4. The monoisotopic (exact) mass is 186 g/mol. The summed E-state index contributed by atoms with van der Waals surface area (Å²) in [4.78, 5) is 0. The van der Waals surface area contributed by atoms with Crippen molar-refractivity contribution in [1.82, 2.24) is 0 Å². The van der Waals surface area contributed by atoms with Gasteiger partial charge in [0.1, 0.15) is 11.9 Å². The molecule has 3 nitrogen and oxygen atoms in total. The van der Waals surface area contributed by atoms with Crippen LogP contribution in [0, 0.1) is 16.7 Å². The maximum atomic E-state index is 9.34. The highest BCUT2D eigenvalue weighted by molar-refractivity contribution is 5.81. The van der Waals surface area contributed by atoms with Gasteiger partial charge in [-0.25, -0.2) is 0 Å². The van der Waals surface area contributed by atoms with E-state index < -0.39 is 6.10 Å². The molecule has 0 amide bonds. The minimum Gasteiger partial charge on any atom is -0.385 e. The van der Waals surface area contributed by atoms with Gasteiger partial charge in [0.15, 0.2) is 0 Å². The Bertz CT molecular complexity index is 172. The Morgan fingerprint density at radius 2 is 1.92 bits per heavy atom. The van der Waals surface area contributed by atoms with Gasteiger partial charge in [0, 0.05) is 0 Å². The lowest BCUT2D eigenvalue weighted by Gasteiger charge is -2.24. The molecule has 0 bridgehead atoms. The largest absolute Gasteiger partial charge is 0.385 e. The van der Waals surface area contributed by atoms with Crippen molar-refractivity contribution < 1.29 is 5.11 Å². The number of aliphatic hydroxyl groups is 1. The zero-order valence-electron chi connectivity index (χ0n) is 9.09. The van der Waals surface area contributed by atoms with Crippen LogP contribution in [0.15, 0.2) is 0 Å². The summed E-state index contributed by atoms with van der Waals surface area (Å²) in [6, 6.07) is 0. The van der Waals surface area contributed by atoms with Gasteiger partial charge >= 0.3 is 0 Å². The summed E-state index contributed by atoms with van der Waals surface area (Å²) >= 11 is 0. The molecular weight excluding hydrogens is 164 g/mol. The second-order valence-corrected chi connectivity index (χ2v) is 5.08. The van der Waals surface area contributed by atoms with E-state index in [4.69, 9.17) is 11.1 Å². The predicted octanol–water partition coefficient (Wildman–Crippen LogP) is 1.75. The molecule has 0 rings (SSSR count). The zero-order valence-corrected chi connectivity index (χ0v) is 9.09. The van der Waals surface area contributed by atoms with E-state index in [2.05, 4.69) is 27.7 Å². The van der Waals surface area contributed by atoms with Crippen molar-refractivity contribution in [2.75, 3.05) is 0 Å². The van der Waals surface area contributed by atoms with Crippen LogP contribution in [0.5, 0.6) is 0 Å². The smallest absolute Gasteiger partial charge is 0.120 e. The molecule has 0 aliphatic rings. The van der Waals surface area contributed by atoms with Gasteiger partial charge in [-0.2, -0.15) is 0 Å². The number of hydrogen-bond donors (Lipinski definition) is 3. The fourth-order valence-electron chi connectivity index (χ4n) is 1.64. The van der Waals surface area contributed by atoms with Crippen molar-refractivity contribution in [2.24, 2.45) is 17.1 Å². The summed E-state index contributed by atoms with van der Waals surface area (Å²) in [6.45, 7) is 8.59. The van der Waals surface area contributed by atoms with Gasteiger partial charge in [-0.15, -0.1) is 0 Å². The number of aliphatic hydroxyl groups excluding tert-OH is 1. The maximum absolute atomic E-state index is 9.34. The van der Waals surface area contributed by atoms with Gasteiger partial charge in [-0.3, -0.25) is 5.41 Å². The summed E-state index contributed by atoms with van der Waals surface area (Å²) < 4.78 is 0. The molecule has 0 radical (unpaired) electrons. The average molecular weight is 186 g/mol. The van der Waals surface area contributed by atoms with E-state index in [9.17, 15) is 5.11 Å². The topological polar surface area (TPSA) is 70.1 Å². The quantitative estimate of drug-likeness (QED) is 0.462. The Labute approximate surface area is 80.8 Å². The molecule has 0 saturated heterocycles. The van der Waals surface area contributed by atoms with Crippen molar-refractivity contribution in [3.05, 3.63) is 0 Å². The Hall–Kier alpha value is -0.570.